The Hall–Kier alpha value is -3.09. The number of carbonyl (C=O) groups excluding carboxylic acids is 3. The van der Waals surface area contributed by atoms with Gasteiger partial charge in [0, 0.05) is 18.2 Å². The van der Waals surface area contributed by atoms with Gasteiger partial charge in [0.25, 0.3) is 11.8 Å². The third-order valence-corrected chi connectivity index (χ3v) is 3.24. The highest BCUT2D eigenvalue weighted by molar-refractivity contribution is 6.31. The molecule has 0 aliphatic carbocycles. The van der Waals surface area contributed by atoms with Crippen LogP contribution in [-0.4, -0.2) is 43.5 Å². The van der Waals surface area contributed by atoms with E-state index in [0.717, 1.165) is 4.90 Å². The van der Waals surface area contributed by atoms with Crippen molar-refractivity contribution in [3.8, 4) is 11.5 Å². The van der Waals surface area contributed by atoms with E-state index in [0.29, 0.717) is 17.1 Å². The first-order valence-electron chi connectivity index (χ1n) is 6.73. The fraction of sp³-hybridized carbons (Fsp3) is 0.188. The van der Waals surface area contributed by atoms with Crippen molar-refractivity contribution in [2.75, 3.05) is 20.8 Å². The number of urea groups is 1. The van der Waals surface area contributed by atoms with Gasteiger partial charge in [0.1, 0.15) is 17.1 Å². The summed E-state index contributed by atoms with van der Waals surface area (Å²) in [5, 5.41) is 2.12. The Morgan fingerprint density at radius 3 is 2.57 bits per heavy atom. The lowest BCUT2D eigenvalue weighted by molar-refractivity contribution is -0.129. The van der Waals surface area contributed by atoms with Gasteiger partial charge in [0.05, 0.1) is 14.2 Å². The molecule has 1 fully saturated rings. The second-order valence-corrected chi connectivity index (χ2v) is 4.63. The van der Waals surface area contributed by atoms with Crippen LogP contribution >= 0.6 is 0 Å². The molecular formula is C16H16N2O5. The maximum atomic E-state index is 12.3. The number of nitrogens with zero attached hydrogens (tertiary/aromatic N) is 1. The van der Waals surface area contributed by atoms with Crippen LogP contribution in [0.4, 0.5) is 4.79 Å². The van der Waals surface area contributed by atoms with E-state index in [-0.39, 0.29) is 12.1 Å². The van der Waals surface area contributed by atoms with Gasteiger partial charge in [0.15, 0.2) is 0 Å². The lowest BCUT2D eigenvalue weighted by atomic mass is 10.1. The minimum absolute atomic E-state index is 0.00896. The van der Waals surface area contributed by atoms with E-state index in [1.807, 2.05) is 0 Å². The Labute approximate surface area is 133 Å². The molecule has 7 nitrogen and oxygen atoms in total. The molecule has 1 saturated heterocycles. The molecule has 0 bridgehead atoms. The lowest BCUT2D eigenvalue weighted by Crippen LogP contribution is -2.54. The number of benzene rings is 1. The first-order chi connectivity index (χ1) is 11.0. The van der Waals surface area contributed by atoms with E-state index in [1.54, 1.807) is 18.2 Å². The largest absolute Gasteiger partial charge is 0.497 e. The average molecular weight is 316 g/mol. The van der Waals surface area contributed by atoms with Gasteiger partial charge in [0.2, 0.25) is 0 Å². The number of rotatable bonds is 5. The van der Waals surface area contributed by atoms with Crippen LogP contribution in [0, 0.1) is 0 Å². The van der Waals surface area contributed by atoms with Crippen molar-refractivity contribution in [1.82, 2.24) is 10.2 Å². The van der Waals surface area contributed by atoms with E-state index < -0.39 is 17.8 Å². The van der Waals surface area contributed by atoms with E-state index in [2.05, 4.69) is 11.9 Å². The summed E-state index contributed by atoms with van der Waals surface area (Å²) in [6, 6.07) is 4.19. The Morgan fingerprint density at radius 1 is 1.22 bits per heavy atom. The average Bonchev–Trinajstić information content (AvgIpc) is 2.55. The van der Waals surface area contributed by atoms with Crippen LogP contribution in [0.1, 0.15) is 5.56 Å². The van der Waals surface area contributed by atoms with Gasteiger partial charge in [-0.05, 0) is 18.2 Å². The summed E-state index contributed by atoms with van der Waals surface area (Å²) >= 11 is 0. The molecule has 0 aromatic heterocycles. The Morgan fingerprint density at radius 2 is 1.96 bits per heavy atom. The smallest absolute Gasteiger partial charge is 0.331 e. The zero-order chi connectivity index (χ0) is 17.0. The number of carbonyl (C=O) groups is 3. The van der Waals surface area contributed by atoms with Gasteiger partial charge in [-0.25, -0.2) is 4.79 Å². The van der Waals surface area contributed by atoms with Crippen LogP contribution in [0.25, 0.3) is 6.08 Å². The summed E-state index contributed by atoms with van der Waals surface area (Å²) < 4.78 is 10.3. The maximum absolute atomic E-state index is 12.3. The molecule has 1 N–H and O–H groups in total. The molecule has 0 radical (unpaired) electrons. The van der Waals surface area contributed by atoms with Gasteiger partial charge < -0.3 is 9.47 Å². The summed E-state index contributed by atoms with van der Waals surface area (Å²) in [4.78, 5) is 36.8. The predicted molar refractivity (Wildman–Crippen MR) is 83.0 cm³/mol. The Bertz CT molecular complexity index is 708. The standard InChI is InChI=1S/C16H16N2O5/c1-4-7-18-15(20)12(14(19)17-16(18)21)8-10-5-6-11(22-2)9-13(10)23-3/h4-6,8-9H,1,7H2,2-3H3,(H,17,19,21). The highest BCUT2D eigenvalue weighted by Gasteiger charge is 2.35. The van der Waals surface area contributed by atoms with E-state index in [9.17, 15) is 14.4 Å². The topological polar surface area (TPSA) is 84.9 Å². The van der Waals surface area contributed by atoms with Crippen LogP contribution in [0.2, 0.25) is 0 Å². The fourth-order valence-electron chi connectivity index (χ4n) is 2.08. The van der Waals surface area contributed by atoms with Crippen molar-refractivity contribution < 1.29 is 23.9 Å². The molecule has 0 atom stereocenters. The number of barbiturate groups is 1. The van der Waals surface area contributed by atoms with Gasteiger partial charge in [-0.1, -0.05) is 6.08 Å². The first kappa shape index (κ1) is 16.3. The summed E-state index contributed by atoms with van der Waals surface area (Å²) in [7, 11) is 2.98. The molecular weight excluding hydrogens is 300 g/mol. The molecule has 4 amide bonds. The molecule has 1 aliphatic rings. The normalized spacial score (nSPS) is 16.3. The summed E-state index contributed by atoms with van der Waals surface area (Å²) in [6.45, 7) is 3.49. The monoisotopic (exact) mass is 316 g/mol. The van der Waals surface area contributed by atoms with Crippen LogP contribution in [0.15, 0.2) is 36.4 Å². The summed E-state index contributed by atoms with van der Waals surface area (Å²) in [6.07, 6.45) is 2.78. The van der Waals surface area contributed by atoms with Gasteiger partial charge >= 0.3 is 6.03 Å². The number of methoxy groups -OCH3 is 2. The van der Waals surface area contributed by atoms with Crippen molar-refractivity contribution >= 4 is 23.9 Å². The zero-order valence-electron chi connectivity index (χ0n) is 12.8. The van der Waals surface area contributed by atoms with Crippen molar-refractivity contribution in [2.45, 2.75) is 0 Å². The third-order valence-electron chi connectivity index (χ3n) is 3.24. The number of amides is 4. The number of hydrogen-bond acceptors (Lipinski definition) is 5. The minimum Gasteiger partial charge on any atom is -0.497 e. The molecule has 23 heavy (non-hydrogen) atoms. The van der Waals surface area contributed by atoms with Crippen LogP contribution < -0.4 is 14.8 Å². The quantitative estimate of drug-likeness (QED) is 0.503. The first-order valence-corrected chi connectivity index (χ1v) is 6.73. The van der Waals surface area contributed by atoms with Gasteiger partial charge in [-0.15, -0.1) is 6.58 Å². The minimum atomic E-state index is -0.765. The highest BCUT2D eigenvalue weighted by Crippen LogP contribution is 2.27. The number of hydrogen-bond donors (Lipinski definition) is 1. The van der Waals surface area contributed by atoms with Gasteiger partial charge in [-0.3, -0.25) is 19.8 Å². The van der Waals surface area contributed by atoms with Crippen LogP contribution in [0.5, 0.6) is 11.5 Å². The van der Waals surface area contributed by atoms with Crippen molar-refractivity contribution in [1.29, 1.82) is 0 Å². The van der Waals surface area contributed by atoms with Crippen molar-refractivity contribution in [2.24, 2.45) is 0 Å². The summed E-state index contributed by atoms with van der Waals surface area (Å²) in [5.41, 5.74) is 0.356. The second-order valence-electron chi connectivity index (χ2n) is 4.63. The summed E-state index contributed by atoms with van der Waals surface area (Å²) in [5.74, 6) is -0.425. The van der Waals surface area contributed by atoms with Crippen molar-refractivity contribution in [3.05, 3.63) is 42.0 Å². The molecule has 1 aromatic carbocycles. The van der Waals surface area contributed by atoms with E-state index in [1.165, 1.54) is 26.4 Å². The molecule has 1 heterocycles. The van der Waals surface area contributed by atoms with Crippen molar-refractivity contribution in [3.63, 3.8) is 0 Å². The molecule has 1 aromatic rings. The Balaban J connectivity index is 2.44. The van der Waals surface area contributed by atoms with Gasteiger partial charge in [-0.2, -0.15) is 0 Å². The SMILES string of the molecule is C=CCN1C(=O)NC(=O)C(=Cc2ccc(OC)cc2OC)C1=O. The van der Waals surface area contributed by atoms with Crippen LogP contribution in [-0.2, 0) is 9.59 Å². The molecule has 2 rings (SSSR count). The third kappa shape index (κ3) is 3.23. The molecule has 7 heteroatoms. The molecule has 0 spiro atoms. The maximum Gasteiger partial charge on any atom is 0.331 e. The number of imide groups is 2. The number of nitrogens with one attached hydrogen (secondary N) is 1. The molecule has 0 saturated carbocycles. The second kappa shape index (κ2) is 6.78. The molecule has 1 aliphatic heterocycles. The van der Waals surface area contributed by atoms with Crippen LogP contribution in [0.3, 0.4) is 0 Å². The molecule has 120 valence electrons. The van der Waals surface area contributed by atoms with E-state index in [4.69, 9.17) is 9.47 Å². The Kier molecular flexibility index (Phi) is 4.80. The molecule has 0 unspecified atom stereocenters. The highest BCUT2D eigenvalue weighted by atomic mass is 16.5. The fourth-order valence-corrected chi connectivity index (χ4v) is 2.08. The zero-order valence-corrected chi connectivity index (χ0v) is 12.8. The lowest BCUT2D eigenvalue weighted by Gasteiger charge is -2.25. The number of ether oxygens (including phenoxy) is 2. The van der Waals surface area contributed by atoms with E-state index >= 15 is 0 Å². The predicted octanol–water partition coefficient (Wildman–Crippen LogP) is 1.35.